The fourth-order valence-electron chi connectivity index (χ4n) is 1.38. The summed E-state index contributed by atoms with van der Waals surface area (Å²) in [6.45, 7) is 9.00. The van der Waals surface area contributed by atoms with Crippen molar-refractivity contribution in [2.45, 2.75) is 53.0 Å². The molecular weight excluding hydrogens is 176 g/mol. The maximum Gasteiger partial charge on any atom is 0.220 e. The fraction of sp³-hybridized carbons (Fsp3) is 0.909. The van der Waals surface area contributed by atoms with E-state index in [4.69, 9.17) is 5.73 Å². The number of nitrogens with one attached hydrogen (secondary N) is 1. The van der Waals surface area contributed by atoms with E-state index in [0.717, 1.165) is 12.8 Å². The van der Waals surface area contributed by atoms with E-state index in [0.29, 0.717) is 13.0 Å². The minimum Gasteiger partial charge on any atom is -0.353 e. The van der Waals surface area contributed by atoms with Crippen LogP contribution in [-0.4, -0.2) is 18.5 Å². The molecule has 1 atom stereocenters. The third-order valence-corrected chi connectivity index (χ3v) is 2.31. The number of carbonyl (C=O) groups excluding carboxylic acids is 1. The highest BCUT2D eigenvalue weighted by Crippen LogP contribution is 2.21. The summed E-state index contributed by atoms with van der Waals surface area (Å²) in [7, 11) is 0. The van der Waals surface area contributed by atoms with Gasteiger partial charge in [0.25, 0.3) is 0 Å². The molecular formula is C11H24N2O. The van der Waals surface area contributed by atoms with E-state index in [-0.39, 0.29) is 17.4 Å². The van der Waals surface area contributed by atoms with Gasteiger partial charge in [-0.1, -0.05) is 27.7 Å². The molecule has 0 spiro atoms. The highest BCUT2D eigenvalue weighted by atomic mass is 16.1. The SMILES string of the molecule is CCCC(=O)NC(CCN)C(C)(C)C. The predicted molar refractivity (Wildman–Crippen MR) is 60.0 cm³/mol. The van der Waals surface area contributed by atoms with Gasteiger partial charge in [0.05, 0.1) is 0 Å². The minimum absolute atomic E-state index is 0.0861. The number of hydrogen-bond donors (Lipinski definition) is 2. The van der Waals surface area contributed by atoms with Crippen LogP contribution in [0.2, 0.25) is 0 Å². The summed E-state index contributed by atoms with van der Waals surface area (Å²) in [5, 5.41) is 3.04. The van der Waals surface area contributed by atoms with E-state index in [2.05, 4.69) is 26.1 Å². The molecule has 0 bridgehead atoms. The molecule has 14 heavy (non-hydrogen) atoms. The van der Waals surface area contributed by atoms with E-state index in [1.807, 2.05) is 6.92 Å². The van der Waals surface area contributed by atoms with Gasteiger partial charge in [0, 0.05) is 12.5 Å². The van der Waals surface area contributed by atoms with Gasteiger partial charge in [-0.05, 0) is 24.8 Å². The molecule has 0 radical (unpaired) electrons. The maximum atomic E-state index is 11.4. The number of carbonyl (C=O) groups is 1. The Bertz CT molecular complexity index is 173. The lowest BCUT2D eigenvalue weighted by Crippen LogP contribution is -2.44. The Morgan fingerprint density at radius 3 is 2.36 bits per heavy atom. The Morgan fingerprint density at radius 1 is 1.43 bits per heavy atom. The zero-order chi connectivity index (χ0) is 11.2. The summed E-state index contributed by atoms with van der Waals surface area (Å²) >= 11 is 0. The molecule has 0 saturated carbocycles. The minimum atomic E-state index is 0.0861. The second kappa shape index (κ2) is 6.02. The molecule has 0 aliphatic heterocycles. The van der Waals surface area contributed by atoms with Gasteiger partial charge in [0.15, 0.2) is 0 Å². The lowest BCUT2D eigenvalue weighted by atomic mass is 9.84. The van der Waals surface area contributed by atoms with Crippen LogP contribution in [-0.2, 0) is 4.79 Å². The predicted octanol–water partition coefficient (Wildman–Crippen LogP) is 1.67. The third-order valence-electron chi connectivity index (χ3n) is 2.31. The van der Waals surface area contributed by atoms with Gasteiger partial charge < -0.3 is 11.1 Å². The van der Waals surface area contributed by atoms with Gasteiger partial charge in [-0.3, -0.25) is 4.79 Å². The van der Waals surface area contributed by atoms with Crippen molar-refractivity contribution in [2.75, 3.05) is 6.54 Å². The summed E-state index contributed by atoms with van der Waals surface area (Å²) in [4.78, 5) is 11.4. The second-order valence-electron chi connectivity index (χ2n) is 4.81. The van der Waals surface area contributed by atoms with Gasteiger partial charge in [-0.2, -0.15) is 0 Å². The fourth-order valence-corrected chi connectivity index (χ4v) is 1.38. The molecule has 3 nitrogen and oxygen atoms in total. The molecule has 0 aromatic heterocycles. The van der Waals surface area contributed by atoms with Crippen LogP contribution in [0.1, 0.15) is 47.0 Å². The molecule has 1 unspecified atom stereocenters. The van der Waals surface area contributed by atoms with E-state index in [1.165, 1.54) is 0 Å². The summed E-state index contributed by atoms with van der Waals surface area (Å²) in [5.74, 6) is 0.140. The number of amides is 1. The number of rotatable bonds is 5. The van der Waals surface area contributed by atoms with Crippen LogP contribution in [0.25, 0.3) is 0 Å². The van der Waals surface area contributed by atoms with Gasteiger partial charge in [0.1, 0.15) is 0 Å². The lowest BCUT2D eigenvalue weighted by Gasteiger charge is -2.31. The first-order chi connectivity index (χ1) is 6.41. The van der Waals surface area contributed by atoms with Gasteiger partial charge in [-0.25, -0.2) is 0 Å². The quantitative estimate of drug-likeness (QED) is 0.709. The molecule has 0 rings (SSSR count). The molecule has 0 saturated heterocycles. The molecule has 0 aliphatic rings. The Balaban J connectivity index is 4.16. The van der Waals surface area contributed by atoms with Crippen LogP contribution in [0.15, 0.2) is 0 Å². The van der Waals surface area contributed by atoms with Crippen LogP contribution >= 0.6 is 0 Å². The van der Waals surface area contributed by atoms with Gasteiger partial charge in [0.2, 0.25) is 5.91 Å². The highest BCUT2D eigenvalue weighted by molar-refractivity contribution is 5.76. The Labute approximate surface area is 87.4 Å². The zero-order valence-electron chi connectivity index (χ0n) is 9.89. The van der Waals surface area contributed by atoms with Crippen molar-refractivity contribution < 1.29 is 4.79 Å². The first kappa shape index (κ1) is 13.4. The molecule has 0 aliphatic carbocycles. The standard InChI is InChI=1S/C11H24N2O/c1-5-6-10(14)13-9(7-8-12)11(2,3)4/h9H,5-8,12H2,1-4H3,(H,13,14). The van der Waals surface area contributed by atoms with Crippen LogP contribution in [0.3, 0.4) is 0 Å². The average Bonchev–Trinajstić information content (AvgIpc) is 2.02. The van der Waals surface area contributed by atoms with Crippen LogP contribution in [0.4, 0.5) is 0 Å². The molecule has 1 amide bonds. The lowest BCUT2D eigenvalue weighted by molar-refractivity contribution is -0.122. The van der Waals surface area contributed by atoms with Crippen molar-refractivity contribution in [3.05, 3.63) is 0 Å². The third kappa shape index (κ3) is 5.22. The van der Waals surface area contributed by atoms with Crippen LogP contribution in [0, 0.1) is 5.41 Å². The van der Waals surface area contributed by atoms with Crippen molar-refractivity contribution in [3.63, 3.8) is 0 Å². The Hall–Kier alpha value is -0.570. The molecule has 3 N–H and O–H groups in total. The topological polar surface area (TPSA) is 55.1 Å². The van der Waals surface area contributed by atoms with E-state index in [9.17, 15) is 4.79 Å². The first-order valence-electron chi connectivity index (χ1n) is 5.41. The highest BCUT2D eigenvalue weighted by Gasteiger charge is 2.24. The molecule has 84 valence electrons. The molecule has 0 aromatic rings. The van der Waals surface area contributed by atoms with Crippen LogP contribution < -0.4 is 11.1 Å². The molecule has 3 heteroatoms. The van der Waals surface area contributed by atoms with Crippen molar-refractivity contribution >= 4 is 5.91 Å². The Kier molecular flexibility index (Phi) is 5.77. The van der Waals surface area contributed by atoms with Crippen molar-refractivity contribution in [1.29, 1.82) is 0 Å². The van der Waals surface area contributed by atoms with Crippen LogP contribution in [0.5, 0.6) is 0 Å². The summed E-state index contributed by atoms with van der Waals surface area (Å²) in [5.41, 5.74) is 5.61. The van der Waals surface area contributed by atoms with Gasteiger partial charge in [-0.15, -0.1) is 0 Å². The molecule has 0 aromatic carbocycles. The summed E-state index contributed by atoms with van der Waals surface area (Å²) in [6.07, 6.45) is 2.35. The zero-order valence-corrected chi connectivity index (χ0v) is 9.89. The summed E-state index contributed by atoms with van der Waals surface area (Å²) < 4.78 is 0. The van der Waals surface area contributed by atoms with Crippen molar-refractivity contribution in [1.82, 2.24) is 5.32 Å². The molecule has 0 fully saturated rings. The Morgan fingerprint density at radius 2 is 2.00 bits per heavy atom. The van der Waals surface area contributed by atoms with E-state index in [1.54, 1.807) is 0 Å². The van der Waals surface area contributed by atoms with Crippen molar-refractivity contribution in [2.24, 2.45) is 11.1 Å². The molecule has 0 heterocycles. The second-order valence-corrected chi connectivity index (χ2v) is 4.81. The maximum absolute atomic E-state index is 11.4. The largest absolute Gasteiger partial charge is 0.353 e. The smallest absolute Gasteiger partial charge is 0.220 e. The van der Waals surface area contributed by atoms with Gasteiger partial charge >= 0.3 is 0 Å². The van der Waals surface area contributed by atoms with Crippen molar-refractivity contribution in [3.8, 4) is 0 Å². The summed E-state index contributed by atoms with van der Waals surface area (Å²) in [6, 6.07) is 0.187. The van der Waals surface area contributed by atoms with E-state index < -0.39 is 0 Å². The first-order valence-corrected chi connectivity index (χ1v) is 5.41. The van der Waals surface area contributed by atoms with E-state index >= 15 is 0 Å². The normalized spacial score (nSPS) is 13.8. The monoisotopic (exact) mass is 200 g/mol. The number of hydrogen-bond acceptors (Lipinski definition) is 2. The number of nitrogens with two attached hydrogens (primary N) is 1. The average molecular weight is 200 g/mol.